The number of ether oxygens (including phenoxy) is 1. The second-order valence-electron chi connectivity index (χ2n) is 16.3. The van der Waals surface area contributed by atoms with Gasteiger partial charge in [0, 0.05) is 22.3 Å². The average Bonchev–Trinajstić information content (AvgIpc) is 3.74. The Bertz CT molecular complexity index is 3140. The van der Waals surface area contributed by atoms with Crippen LogP contribution in [0, 0.1) is 0 Å². The first-order valence-electron chi connectivity index (χ1n) is 19.8. The molecule has 1 nitrogen and oxygen atoms in total. The van der Waals surface area contributed by atoms with Crippen LogP contribution in [0.1, 0.15) is 36.5 Å². The predicted molar refractivity (Wildman–Crippen MR) is 236 cm³/mol. The van der Waals surface area contributed by atoms with Gasteiger partial charge in [0.25, 0.3) is 0 Å². The van der Waals surface area contributed by atoms with Gasteiger partial charge >= 0.3 is 0 Å². The molecule has 9 aromatic rings. The minimum absolute atomic E-state index is 0.0654. The van der Waals surface area contributed by atoms with E-state index in [1.807, 2.05) is 0 Å². The first-order chi connectivity index (χ1) is 27.5. The molecule has 1 heteroatoms. The number of rotatable bonds is 3. The normalized spacial score (nSPS) is 17.2. The monoisotopic (exact) mass is 714 g/mol. The number of allylic oxidation sites excluding steroid dienone is 2. The lowest BCUT2D eigenvalue weighted by Gasteiger charge is -2.22. The van der Waals surface area contributed by atoms with Crippen molar-refractivity contribution in [2.24, 2.45) is 0 Å². The van der Waals surface area contributed by atoms with Gasteiger partial charge in [0.1, 0.15) is 11.9 Å². The lowest BCUT2D eigenvalue weighted by atomic mass is 9.81. The summed E-state index contributed by atoms with van der Waals surface area (Å²) in [4.78, 5) is 0. The molecule has 0 bridgehead atoms. The largest absolute Gasteiger partial charge is 0.484 e. The van der Waals surface area contributed by atoms with Gasteiger partial charge in [0.05, 0.1) is 0 Å². The van der Waals surface area contributed by atoms with Gasteiger partial charge in [-0.25, -0.2) is 0 Å². The van der Waals surface area contributed by atoms with Crippen LogP contribution in [0.3, 0.4) is 0 Å². The fourth-order valence-corrected chi connectivity index (χ4v) is 10.2. The standard InChI is InChI=1S/C55H38O/c1-55(2)47-29-26-34-24-27-45-40-14-10-11-19-49(40)56-54(45)52(34)53(47)46-28-25-38(32-48(46)55)36-20-21-37-31-39(23-22-35(37)30-36)51-43-17-8-6-15-41(43)50(33-12-4-3-5-13-33)42-16-7-9-18-44(42)51/h3-32,40,49H,1-2H3. The molecule has 3 aliphatic rings. The molecule has 0 amide bonds. The van der Waals surface area contributed by atoms with Crippen LogP contribution in [-0.4, -0.2) is 6.10 Å². The molecular formula is C55H38O. The molecule has 2 unspecified atom stereocenters. The van der Waals surface area contributed by atoms with E-state index in [0.717, 1.165) is 5.75 Å². The fourth-order valence-electron chi connectivity index (χ4n) is 10.2. The molecule has 1 heterocycles. The molecule has 0 saturated carbocycles. The van der Waals surface area contributed by atoms with Gasteiger partial charge in [-0.05, 0) is 118 Å². The Labute approximate surface area is 326 Å². The first-order valence-corrected chi connectivity index (χ1v) is 19.8. The molecule has 264 valence electrons. The van der Waals surface area contributed by atoms with Crippen molar-refractivity contribution in [3.05, 3.63) is 199 Å². The third kappa shape index (κ3) is 4.43. The third-order valence-corrected chi connectivity index (χ3v) is 13.0. The average molecular weight is 715 g/mol. The van der Waals surface area contributed by atoms with Crippen LogP contribution < -0.4 is 4.74 Å². The molecule has 0 radical (unpaired) electrons. The first kappa shape index (κ1) is 31.6. The summed E-state index contributed by atoms with van der Waals surface area (Å²) in [7, 11) is 0. The Balaban J connectivity index is 0.967. The summed E-state index contributed by atoms with van der Waals surface area (Å²) in [5.41, 5.74) is 14.1. The van der Waals surface area contributed by atoms with Crippen molar-refractivity contribution in [1.82, 2.24) is 0 Å². The van der Waals surface area contributed by atoms with Crippen molar-refractivity contribution in [3.63, 3.8) is 0 Å². The summed E-state index contributed by atoms with van der Waals surface area (Å²) in [5.74, 6) is 1.33. The van der Waals surface area contributed by atoms with E-state index in [2.05, 4.69) is 196 Å². The van der Waals surface area contributed by atoms with Crippen molar-refractivity contribution in [2.45, 2.75) is 31.3 Å². The summed E-state index contributed by atoms with van der Waals surface area (Å²) in [5, 5.41) is 10.1. The molecule has 0 spiro atoms. The zero-order chi connectivity index (χ0) is 37.1. The number of fused-ring (bicyclic) bond motifs is 12. The van der Waals surface area contributed by atoms with Crippen molar-refractivity contribution in [3.8, 4) is 50.3 Å². The minimum atomic E-state index is -0.143. The van der Waals surface area contributed by atoms with E-state index in [0.29, 0.717) is 0 Å². The minimum Gasteiger partial charge on any atom is -0.484 e. The Morgan fingerprint density at radius 2 is 1.02 bits per heavy atom. The molecule has 0 saturated heterocycles. The smallest absolute Gasteiger partial charge is 0.132 e. The van der Waals surface area contributed by atoms with Crippen molar-refractivity contribution >= 4 is 43.1 Å². The van der Waals surface area contributed by atoms with Crippen LogP contribution in [0.25, 0.3) is 87.6 Å². The second kappa shape index (κ2) is 11.7. The van der Waals surface area contributed by atoms with Gasteiger partial charge < -0.3 is 4.74 Å². The molecule has 0 fully saturated rings. The zero-order valence-corrected chi connectivity index (χ0v) is 31.4. The molecule has 2 atom stereocenters. The summed E-state index contributed by atoms with van der Waals surface area (Å²) in [6, 6.07) is 58.9. The highest BCUT2D eigenvalue weighted by molar-refractivity contribution is 6.21. The van der Waals surface area contributed by atoms with Crippen LogP contribution in [0.2, 0.25) is 0 Å². The second-order valence-corrected chi connectivity index (χ2v) is 16.3. The fraction of sp³-hybridized carbons (Fsp3) is 0.0909. The molecule has 12 rings (SSSR count). The van der Waals surface area contributed by atoms with Crippen LogP contribution in [-0.2, 0) is 5.41 Å². The Kier molecular flexibility index (Phi) is 6.58. The van der Waals surface area contributed by atoms with Crippen LogP contribution in [0.5, 0.6) is 5.75 Å². The molecule has 1 aliphatic heterocycles. The van der Waals surface area contributed by atoms with E-state index in [1.165, 1.54) is 104 Å². The molecule has 56 heavy (non-hydrogen) atoms. The molecular weight excluding hydrogens is 677 g/mol. The number of benzene rings is 9. The summed E-state index contributed by atoms with van der Waals surface area (Å²) >= 11 is 0. The van der Waals surface area contributed by atoms with Gasteiger partial charge in [-0.1, -0.05) is 172 Å². The van der Waals surface area contributed by atoms with E-state index in [1.54, 1.807) is 0 Å². The predicted octanol–water partition coefficient (Wildman–Crippen LogP) is 14.6. The zero-order valence-electron chi connectivity index (χ0n) is 31.4. The maximum Gasteiger partial charge on any atom is 0.132 e. The summed E-state index contributed by atoms with van der Waals surface area (Å²) in [6.45, 7) is 4.76. The third-order valence-electron chi connectivity index (χ3n) is 13.0. The van der Waals surface area contributed by atoms with Crippen molar-refractivity contribution in [1.29, 1.82) is 0 Å². The molecule has 0 N–H and O–H groups in total. The quantitative estimate of drug-likeness (QED) is 0.166. The van der Waals surface area contributed by atoms with Gasteiger partial charge in [-0.15, -0.1) is 0 Å². The van der Waals surface area contributed by atoms with E-state index < -0.39 is 0 Å². The Morgan fingerprint density at radius 1 is 0.446 bits per heavy atom. The van der Waals surface area contributed by atoms with E-state index in [9.17, 15) is 0 Å². The van der Waals surface area contributed by atoms with E-state index >= 15 is 0 Å². The highest BCUT2D eigenvalue weighted by Crippen LogP contribution is 2.56. The Morgan fingerprint density at radius 3 is 1.75 bits per heavy atom. The number of hydrogen-bond acceptors (Lipinski definition) is 1. The summed E-state index contributed by atoms with van der Waals surface area (Å²) in [6.07, 6.45) is 8.81. The van der Waals surface area contributed by atoms with Crippen molar-refractivity contribution < 1.29 is 4.74 Å². The van der Waals surface area contributed by atoms with E-state index in [4.69, 9.17) is 4.74 Å². The maximum atomic E-state index is 6.73. The maximum absolute atomic E-state index is 6.73. The lowest BCUT2D eigenvalue weighted by molar-refractivity contribution is 0.271. The summed E-state index contributed by atoms with van der Waals surface area (Å²) < 4.78 is 6.73. The topological polar surface area (TPSA) is 9.23 Å². The van der Waals surface area contributed by atoms with Gasteiger partial charge in [-0.2, -0.15) is 0 Å². The van der Waals surface area contributed by atoms with Crippen molar-refractivity contribution in [2.75, 3.05) is 0 Å². The van der Waals surface area contributed by atoms with Crippen LogP contribution >= 0.6 is 0 Å². The lowest BCUT2D eigenvalue weighted by Crippen LogP contribution is -2.15. The SMILES string of the molecule is CC1(C)c2cc(-c3ccc4cc(-c5c6ccccc6c(-c6ccccc6)c6ccccc56)ccc4c3)ccc2-c2c1ccc1ccc3c(c21)OC1C=CC=CC31. The van der Waals surface area contributed by atoms with Gasteiger partial charge in [0.2, 0.25) is 0 Å². The van der Waals surface area contributed by atoms with Crippen LogP contribution in [0.4, 0.5) is 0 Å². The highest BCUT2D eigenvalue weighted by atomic mass is 16.5. The van der Waals surface area contributed by atoms with Crippen LogP contribution in [0.15, 0.2) is 182 Å². The highest BCUT2D eigenvalue weighted by Gasteiger charge is 2.40. The molecule has 0 aromatic heterocycles. The van der Waals surface area contributed by atoms with E-state index in [-0.39, 0.29) is 17.4 Å². The molecule has 9 aromatic carbocycles. The Hall–Kier alpha value is -6.70. The number of hydrogen-bond donors (Lipinski definition) is 0. The van der Waals surface area contributed by atoms with Gasteiger partial charge in [-0.3, -0.25) is 0 Å². The van der Waals surface area contributed by atoms with Gasteiger partial charge in [0.15, 0.2) is 0 Å². The molecule has 2 aliphatic carbocycles.